The lowest BCUT2D eigenvalue weighted by molar-refractivity contribution is -0.0195. The summed E-state index contributed by atoms with van der Waals surface area (Å²) in [6.45, 7) is 1.03. The van der Waals surface area contributed by atoms with Gasteiger partial charge in [0.2, 0.25) is 10.0 Å². The first kappa shape index (κ1) is 19.6. The molecule has 0 radical (unpaired) electrons. The maximum Gasteiger partial charge on any atom is 0.254 e. The van der Waals surface area contributed by atoms with E-state index in [1.165, 1.54) is 31.5 Å². The molecule has 1 saturated heterocycles. The number of benzene rings is 1. The van der Waals surface area contributed by atoms with Crippen LogP contribution in [0.2, 0.25) is 0 Å². The van der Waals surface area contributed by atoms with E-state index in [0.29, 0.717) is 18.9 Å². The largest absolute Gasteiger partial charge is 0.467 e. The molecule has 146 valence electrons. The van der Waals surface area contributed by atoms with Crippen molar-refractivity contribution in [3.8, 4) is 0 Å². The molecule has 2 N–H and O–H groups in total. The molecule has 2 aromatic rings. The molecule has 1 fully saturated rings. The standard InChI is InChI=1S/C18H22N2O6S/c1-19-27(23,24)15-5-2-4-13(10-15)18(22)20-7-9-25-12-14(20)11-16(21)17-6-3-8-26-17/h2-6,8,10,14,16,19,21H,7,9,11-12H2,1H3/t14-,16-/m1/s1. The fourth-order valence-electron chi connectivity index (χ4n) is 3.05. The Hall–Kier alpha value is -2.20. The summed E-state index contributed by atoms with van der Waals surface area (Å²) < 4.78 is 36.9. The molecule has 1 aliphatic heterocycles. The van der Waals surface area contributed by atoms with E-state index < -0.39 is 16.1 Å². The summed E-state index contributed by atoms with van der Waals surface area (Å²) in [5.74, 6) is 0.123. The number of nitrogens with one attached hydrogen (secondary N) is 1. The molecule has 1 aromatic carbocycles. The highest BCUT2D eigenvalue weighted by Gasteiger charge is 2.31. The van der Waals surface area contributed by atoms with Gasteiger partial charge in [-0.3, -0.25) is 4.79 Å². The molecule has 1 aliphatic rings. The van der Waals surface area contributed by atoms with Crippen molar-refractivity contribution < 1.29 is 27.5 Å². The van der Waals surface area contributed by atoms with E-state index in [1.54, 1.807) is 23.1 Å². The zero-order valence-electron chi connectivity index (χ0n) is 14.9. The molecule has 0 unspecified atom stereocenters. The number of carbonyl (C=O) groups is 1. The zero-order chi connectivity index (χ0) is 19.4. The molecule has 0 aliphatic carbocycles. The van der Waals surface area contributed by atoms with Gasteiger partial charge < -0.3 is 19.2 Å². The Bertz CT molecular complexity index is 881. The van der Waals surface area contributed by atoms with Crippen LogP contribution < -0.4 is 4.72 Å². The Morgan fingerprint density at radius 2 is 2.19 bits per heavy atom. The van der Waals surface area contributed by atoms with Crippen LogP contribution in [0.5, 0.6) is 0 Å². The molecular weight excluding hydrogens is 372 g/mol. The molecule has 2 heterocycles. The van der Waals surface area contributed by atoms with Crippen LogP contribution in [0.3, 0.4) is 0 Å². The molecular formula is C18H22N2O6S. The number of morpholine rings is 1. The van der Waals surface area contributed by atoms with Gasteiger partial charge in [-0.1, -0.05) is 6.07 Å². The van der Waals surface area contributed by atoms with Gasteiger partial charge in [0.1, 0.15) is 11.9 Å². The third-order valence-electron chi connectivity index (χ3n) is 4.52. The van der Waals surface area contributed by atoms with Gasteiger partial charge in [-0.25, -0.2) is 13.1 Å². The molecule has 2 atom stereocenters. The fourth-order valence-corrected chi connectivity index (χ4v) is 3.83. The first-order valence-corrected chi connectivity index (χ1v) is 10.0. The first-order chi connectivity index (χ1) is 12.9. The van der Waals surface area contributed by atoms with E-state index in [1.807, 2.05) is 0 Å². The number of furan rings is 1. The van der Waals surface area contributed by atoms with Gasteiger partial charge in [-0.05, 0) is 37.4 Å². The summed E-state index contributed by atoms with van der Waals surface area (Å²) in [6, 6.07) is 8.90. The highest BCUT2D eigenvalue weighted by molar-refractivity contribution is 7.89. The monoisotopic (exact) mass is 394 g/mol. The van der Waals surface area contributed by atoms with Gasteiger partial charge >= 0.3 is 0 Å². The number of nitrogens with zero attached hydrogens (tertiary/aromatic N) is 1. The summed E-state index contributed by atoms with van der Waals surface area (Å²) in [6.07, 6.45) is 0.873. The molecule has 3 rings (SSSR count). The van der Waals surface area contributed by atoms with Gasteiger partial charge in [0.25, 0.3) is 5.91 Å². The van der Waals surface area contributed by atoms with Gasteiger partial charge in [0.05, 0.1) is 30.4 Å². The highest BCUT2D eigenvalue weighted by atomic mass is 32.2. The van der Waals surface area contributed by atoms with Crippen LogP contribution in [0.4, 0.5) is 0 Å². The fraction of sp³-hybridized carbons (Fsp3) is 0.389. The lowest BCUT2D eigenvalue weighted by atomic mass is 10.0. The van der Waals surface area contributed by atoms with E-state index in [0.717, 1.165) is 0 Å². The predicted molar refractivity (Wildman–Crippen MR) is 96.6 cm³/mol. The minimum absolute atomic E-state index is 0.0243. The first-order valence-electron chi connectivity index (χ1n) is 8.56. The Morgan fingerprint density at radius 1 is 1.37 bits per heavy atom. The Labute approximate surface area is 157 Å². The lowest BCUT2D eigenvalue weighted by Crippen LogP contribution is -2.49. The summed E-state index contributed by atoms with van der Waals surface area (Å²) in [7, 11) is -2.33. The van der Waals surface area contributed by atoms with E-state index in [4.69, 9.17) is 9.15 Å². The predicted octanol–water partition coefficient (Wildman–Crippen LogP) is 1.15. The van der Waals surface area contributed by atoms with Crippen LogP contribution in [0.1, 0.15) is 28.6 Å². The van der Waals surface area contributed by atoms with Gasteiger partial charge in [-0.15, -0.1) is 0 Å². The highest BCUT2D eigenvalue weighted by Crippen LogP contribution is 2.24. The zero-order valence-corrected chi connectivity index (χ0v) is 15.7. The number of amides is 1. The van der Waals surface area contributed by atoms with E-state index >= 15 is 0 Å². The van der Waals surface area contributed by atoms with Crippen molar-refractivity contribution in [3.63, 3.8) is 0 Å². The summed E-state index contributed by atoms with van der Waals surface area (Å²) in [4.78, 5) is 14.6. The normalized spacial score (nSPS) is 19.0. The molecule has 9 heteroatoms. The molecule has 1 aromatic heterocycles. The van der Waals surface area contributed by atoms with E-state index in [2.05, 4.69) is 4.72 Å². The lowest BCUT2D eigenvalue weighted by Gasteiger charge is -2.36. The molecule has 27 heavy (non-hydrogen) atoms. The number of aliphatic hydroxyl groups is 1. The number of ether oxygens (including phenoxy) is 1. The third kappa shape index (κ3) is 4.38. The van der Waals surface area contributed by atoms with Crippen LogP contribution in [0.25, 0.3) is 0 Å². The molecule has 8 nitrogen and oxygen atoms in total. The number of carbonyl (C=O) groups excluding carboxylic acids is 1. The SMILES string of the molecule is CNS(=O)(=O)c1cccc(C(=O)N2CCOC[C@H]2C[C@@H](O)c2ccco2)c1. The minimum atomic E-state index is -3.64. The second kappa shape index (κ2) is 8.22. The molecule has 0 bridgehead atoms. The number of hydrogen-bond acceptors (Lipinski definition) is 6. The molecule has 0 spiro atoms. The van der Waals surface area contributed by atoms with Crippen molar-refractivity contribution in [2.24, 2.45) is 0 Å². The smallest absolute Gasteiger partial charge is 0.254 e. The summed E-state index contributed by atoms with van der Waals surface area (Å²) in [5.41, 5.74) is 0.269. The quantitative estimate of drug-likeness (QED) is 0.761. The van der Waals surface area contributed by atoms with Gasteiger partial charge in [0, 0.05) is 18.5 Å². The third-order valence-corrected chi connectivity index (χ3v) is 5.93. The van der Waals surface area contributed by atoms with Gasteiger partial charge in [-0.2, -0.15) is 0 Å². The van der Waals surface area contributed by atoms with Crippen LogP contribution in [-0.2, 0) is 14.8 Å². The maximum absolute atomic E-state index is 13.0. The van der Waals surface area contributed by atoms with Crippen LogP contribution >= 0.6 is 0 Å². The average Bonchev–Trinajstić information content (AvgIpc) is 3.23. The maximum atomic E-state index is 13.0. The van der Waals surface area contributed by atoms with Crippen molar-refractivity contribution in [1.82, 2.24) is 9.62 Å². The van der Waals surface area contributed by atoms with Crippen LogP contribution in [0, 0.1) is 0 Å². The minimum Gasteiger partial charge on any atom is -0.467 e. The van der Waals surface area contributed by atoms with Crippen molar-refractivity contribution in [2.75, 3.05) is 26.8 Å². The number of aliphatic hydroxyl groups excluding tert-OH is 1. The second-order valence-corrected chi connectivity index (χ2v) is 8.12. The topological polar surface area (TPSA) is 109 Å². The van der Waals surface area contributed by atoms with Crippen molar-refractivity contribution >= 4 is 15.9 Å². The Kier molecular flexibility index (Phi) is 5.95. The van der Waals surface area contributed by atoms with Crippen molar-refractivity contribution in [1.29, 1.82) is 0 Å². The van der Waals surface area contributed by atoms with E-state index in [-0.39, 0.29) is 35.4 Å². The van der Waals surface area contributed by atoms with Crippen molar-refractivity contribution in [3.05, 3.63) is 54.0 Å². The van der Waals surface area contributed by atoms with Crippen LogP contribution in [0.15, 0.2) is 52.0 Å². The van der Waals surface area contributed by atoms with Crippen molar-refractivity contribution in [2.45, 2.75) is 23.5 Å². The number of sulfonamides is 1. The van der Waals surface area contributed by atoms with Crippen LogP contribution in [-0.4, -0.2) is 57.2 Å². The molecule has 1 amide bonds. The molecule has 0 saturated carbocycles. The van der Waals surface area contributed by atoms with E-state index in [9.17, 15) is 18.3 Å². The number of rotatable bonds is 6. The summed E-state index contributed by atoms with van der Waals surface area (Å²) in [5, 5.41) is 10.3. The van der Waals surface area contributed by atoms with Gasteiger partial charge in [0.15, 0.2) is 0 Å². The average molecular weight is 394 g/mol. The summed E-state index contributed by atoms with van der Waals surface area (Å²) >= 11 is 0. The second-order valence-electron chi connectivity index (χ2n) is 6.23. The Morgan fingerprint density at radius 3 is 2.89 bits per heavy atom. The number of hydrogen-bond donors (Lipinski definition) is 2. The Balaban J connectivity index is 1.80.